The number of rotatable bonds is 1. The zero-order chi connectivity index (χ0) is 11.1. The Morgan fingerprint density at radius 3 is 2.53 bits per heavy atom. The molecule has 6 heteroatoms. The van der Waals surface area contributed by atoms with E-state index in [0.717, 1.165) is 12.1 Å². The van der Waals surface area contributed by atoms with E-state index in [1.54, 1.807) is 0 Å². The van der Waals surface area contributed by atoms with Gasteiger partial charge in [-0.25, -0.2) is 0 Å². The van der Waals surface area contributed by atoms with Crippen LogP contribution in [0.3, 0.4) is 0 Å². The van der Waals surface area contributed by atoms with Gasteiger partial charge in [0.05, 0.1) is 0 Å². The Bertz CT molecular complexity index is 375. The average molecular weight is 220 g/mol. The second-order valence-corrected chi connectivity index (χ2v) is 3.06. The fraction of sp³-hybridized carbons (Fsp3) is 0.333. The minimum atomic E-state index is -4.67. The second-order valence-electron chi connectivity index (χ2n) is 3.06. The molecule has 0 bridgehead atoms. The van der Waals surface area contributed by atoms with Crippen molar-refractivity contribution in [2.24, 2.45) is 0 Å². The standard InChI is InChI=1S/C9H7F3O3/c10-9(11,12)8(13)5-1-2-6-7(3-5)15-4-14-6/h1-3,8,13H,4H2/t8-/m1/s1. The van der Waals surface area contributed by atoms with Crippen LogP contribution in [0.15, 0.2) is 18.2 Å². The molecule has 0 saturated carbocycles. The van der Waals surface area contributed by atoms with E-state index in [1.165, 1.54) is 6.07 Å². The van der Waals surface area contributed by atoms with Crippen LogP contribution in [0, 0.1) is 0 Å². The third-order valence-corrected chi connectivity index (χ3v) is 2.02. The second kappa shape index (κ2) is 3.30. The van der Waals surface area contributed by atoms with Crippen LogP contribution in [0.25, 0.3) is 0 Å². The van der Waals surface area contributed by atoms with E-state index >= 15 is 0 Å². The third-order valence-electron chi connectivity index (χ3n) is 2.02. The summed E-state index contributed by atoms with van der Waals surface area (Å²) in [5.74, 6) is 0.601. The normalized spacial score (nSPS) is 16.5. The first kappa shape index (κ1) is 10.1. The van der Waals surface area contributed by atoms with E-state index in [2.05, 4.69) is 0 Å². The molecule has 0 unspecified atom stereocenters. The van der Waals surface area contributed by atoms with Gasteiger partial charge in [-0.15, -0.1) is 0 Å². The van der Waals surface area contributed by atoms with Crippen molar-refractivity contribution in [2.45, 2.75) is 12.3 Å². The number of hydrogen-bond donors (Lipinski definition) is 1. The maximum absolute atomic E-state index is 12.2. The number of aliphatic hydroxyl groups is 1. The highest BCUT2D eigenvalue weighted by Gasteiger charge is 2.39. The van der Waals surface area contributed by atoms with Crippen molar-refractivity contribution in [1.29, 1.82) is 0 Å². The van der Waals surface area contributed by atoms with Gasteiger partial charge in [-0.2, -0.15) is 13.2 Å². The van der Waals surface area contributed by atoms with Gasteiger partial charge < -0.3 is 14.6 Å². The minimum absolute atomic E-state index is 0.0130. The molecule has 1 aromatic rings. The van der Waals surface area contributed by atoms with Gasteiger partial charge in [0.15, 0.2) is 17.6 Å². The van der Waals surface area contributed by atoms with Crippen LogP contribution in [0.2, 0.25) is 0 Å². The largest absolute Gasteiger partial charge is 0.454 e. The molecule has 0 radical (unpaired) electrons. The average Bonchev–Trinajstić information content (AvgIpc) is 2.61. The lowest BCUT2D eigenvalue weighted by Gasteiger charge is -2.14. The smallest absolute Gasteiger partial charge is 0.418 e. The summed E-state index contributed by atoms with van der Waals surface area (Å²) in [4.78, 5) is 0. The summed E-state index contributed by atoms with van der Waals surface area (Å²) in [5.41, 5.74) is -0.258. The van der Waals surface area contributed by atoms with Crippen molar-refractivity contribution < 1.29 is 27.8 Å². The van der Waals surface area contributed by atoms with Crippen LogP contribution in [-0.2, 0) is 0 Å². The molecule has 0 spiro atoms. The molecule has 82 valence electrons. The lowest BCUT2D eigenvalue weighted by molar-refractivity contribution is -0.206. The fourth-order valence-corrected chi connectivity index (χ4v) is 1.27. The first-order valence-corrected chi connectivity index (χ1v) is 4.13. The van der Waals surface area contributed by atoms with E-state index in [-0.39, 0.29) is 18.1 Å². The van der Waals surface area contributed by atoms with Crippen molar-refractivity contribution in [2.75, 3.05) is 6.79 Å². The SMILES string of the molecule is O[C@H](c1ccc2c(c1)OCO2)C(F)(F)F. The van der Waals surface area contributed by atoms with Crippen LogP contribution in [0.4, 0.5) is 13.2 Å². The zero-order valence-electron chi connectivity index (χ0n) is 7.41. The van der Waals surface area contributed by atoms with E-state index in [0.29, 0.717) is 5.75 Å². The number of fused-ring (bicyclic) bond motifs is 1. The summed E-state index contributed by atoms with van der Waals surface area (Å²) < 4.78 is 46.3. The van der Waals surface area contributed by atoms with Gasteiger partial charge in [0, 0.05) is 0 Å². The number of benzene rings is 1. The number of hydrogen-bond acceptors (Lipinski definition) is 3. The third kappa shape index (κ3) is 1.85. The van der Waals surface area contributed by atoms with Gasteiger partial charge in [0.2, 0.25) is 6.79 Å². The van der Waals surface area contributed by atoms with Crippen LogP contribution < -0.4 is 9.47 Å². The molecule has 0 amide bonds. The van der Waals surface area contributed by atoms with Crippen LogP contribution in [0.5, 0.6) is 11.5 Å². The summed E-state index contributed by atoms with van der Waals surface area (Å²) in [5, 5.41) is 8.97. The quantitative estimate of drug-likeness (QED) is 0.786. The van der Waals surface area contributed by atoms with Gasteiger partial charge in [0.1, 0.15) is 0 Å². The molecule has 1 heterocycles. The number of aliphatic hydroxyl groups excluding tert-OH is 1. The van der Waals surface area contributed by atoms with Crippen LogP contribution in [0.1, 0.15) is 11.7 Å². The summed E-state index contributed by atoms with van der Waals surface area (Å²) in [6.45, 7) is -0.0130. The Kier molecular flexibility index (Phi) is 2.22. The molecule has 1 aromatic carbocycles. The van der Waals surface area contributed by atoms with Gasteiger partial charge in [-0.3, -0.25) is 0 Å². The molecule has 0 saturated heterocycles. The van der Waals surface area contributed by atoms with Crippen molar-refractivity contribution in [3.63, 3.8) is 0 Å². The highest BCUT2D eigenvalue weighted by Crippen LogP contribution is 2.38. The predicted octanol–water partition coefficient (Wildman–Crippen LogP) is 2.01. The lowest BCUT2D eigenvalue weighted by Crippen LogP contribution is -2.19. The zero-order valence-corrected chi connectivity index (χ0v) is 7.41. The molecule has 0 fully saturated rings. The summed E-state index contributed by atoms with van der Waals surface area (Å²) >= 11 is 0. The molecule has 15 heavy (non-hydrogen) atoms. The Hall–Kier alpha value is -1.43. The van der Waals surface area contributed by atoms with Gasteiger partial charge in [-0.1, -0.05) is 6.07 Å². The number of alkyl halides is 3. The molecule has 0 aromatic heterocycles. The maximum Gasteiger partial charge on any atom is 0.418 e. The Morgan fingerprint density at radius 2 is 1.87 bits per heavy atom. The molecule has 3 nitrogen and oxygen atoms in total. The predicted molar refractivity (Wildman–Crippen MR) is 43.6 cm³/mol. The monoisotopic (exact) mass is 220 g/mol. The fourth-order valence-electron chi connectivity index (χ4n) is 1.27. The highest BCUT2D eigenvalue weighted by atomic mass is 19.4. The molecule has 1 aliphatic heterocycles. The Labute approximate surface area is 83.0 Å². The summed E-state index contributed by atoms with van der Waals surface area (Å²) in [7, 11) is 0. The Morgan fingerprint density at radius 1 is 1.20 bits per heavy atom. The minimum Gasteiger partial charge on any atom is -0.454 e. The first-order valence-electron chi connectivity index (χ1n) is 4.13. The van der Waals surface area contributed by atoms with Gasteiger partial charge in [-0.05, 0) is 17.7 Å². The summed E-state index contributed by atoms with van der Waals surface area (Å²) in [6, 6.07) is 3.62. The number of ether oxygens (including phenoxy) is 2. The van der Waals surface area contributed by atoms with Crippen LogP contribution >= 0.6 is 0 Å². The molecule has 2 rings (SSSR count). The number of halogens is 3. The molecular formula is C9H7F3O3. The maximum atomic E-state index is 12.2. The van der Waals surface area contributed by atoms with Crippen molar-refractivity contribution >= 4 is 0 Å². The van der Waals surface area contributed by atoms with E-state index < -0.39 is 12.3 Å². The van der Waals surface area contributed by atoms with E-state index in [9.17, 15) is 13.2 Å². The molecule has 1 atom stereocenters. The van der Waals surface area contributed by atoms with Gasteiger partial charge >= 0.3 is 6.18 Å². The van der Waals surface area contributed by atoms with Crippen LogP contribution in [-0.4, -0.2) is 18.1 Å². The van der Waals surface area contributed by atoms with Crippen molar-refractivity contribution in [1.82, 2.24) is 0 Å². The Balaban J connectivity index is 2.31. The topological polar surface area (TPSA) is 38.7 Å². The van der Waals surface area contributed by atoms with Crippen molar-refractivity contribution in [3.8, 4) is 11.5 Å². The van der Waals surface area contributed by atoms with Gasteiger partial charge in [0.25, 0.3) is 0 Å². The first-order chi connectivity index (χ1) is 6.98. The molecule has 1 N–H and O–H groups in total. The molecule has 1 aliphatic rings. The van der Waals surface area contributed by atoms with E-state index in [1.807, 2.05) is 0 Å². The van der Waals surface area contributed by atoms with E-state index in [4.69, 9.17) is 14.6 Å². The lowest BCUT2D eigenvalue weighted by atomic mass is 10.1. The molecular weight excluding hydrogens is 213 g/mol. The highest BCUT2D eigenvalue weighted by molar-refractivity contribution is 5.45. The summed E-state index contributed by atoms with van der Waals surface area (Å²) in [6.07, 6.45) is -7.17. The molecule has 0 aliphatic carbocycles. The van der Waals surface area contributed by atoms with Crippen molar-refractivity contribution in [3.05, 3.63) is 23.8 Å².